The molecule has 0 bridgehead atoms. The van der Waals surface area contributed by atoms with E-state index in [-0.39, 0.29) is 6.10 Å². The van der Waals surface area contributed by atoms with Gasteiger partial charge in [-0.05, 0) is 37.0 Å². The Kier molecular flexibility index (Phi) is 4.12. The van der Waals surface area contributed by atoms with Crippen molar-refractivity contribution in [3.05, 3.63) is 58.8 Å². The molecule has 3 heterocycles. The Morgan fingerprint density at radius 3 is 2.92 bits per heavy atom. The van der Waals surface area contributed by atoms with Crippen LogP contribution in [0.4, 0.5) is 0 Å². The normalized spacial score (nSPS) is 16.4. The fraction of sp³-hybridized carbons (Fsp3) is 0.316. The zero-order valence-electron chi connectivity index (χ0n) is 13.9. The van der Waals surface area contributed by atoms with E-state index in [9.17, 15) is 0 Å². The molecule has 0 N–H and O–H groups in total. The molecule has 0 amide bonds. The van der Waals surface area contributed by atoms with Crippen molar-refractivity contribution in [3.63, 3.8) is 0 Å². The van der Waals surface area contributed by atoms with E-state index in [1.165, 1.54) is 5.56 Å². The first-order chi connectivity index (χ1) is 11.7. The summed E-state index contributed by atoms with van der Waals surface area (Å²) in [5, 5.41) is 2.04. The van der Waals surface area contributed by atoms with Crippen LogP contribution in [-0.2, 0) is 13.0 Å². The van der Waals surface area contributed by atoms with Crippen LogP contribution in [-0.4, -0.2) is 29.6 Å². The summed E-state index contributed by atoms with van der Waals surface area (Å²) in [7, 11) is 2.10. The highest BCUT2D eigenvalue weighted by Crippen LogP contribution is 2.29. The zero-order chi connectivity index (χ0) is 16.5. The average Bonchev–Trinajstić information content (AvgIpc) is 3.27. The van der Waals surface area contributed by atoms with Gasteiger partial charge in [-0.25, -0.2) is 4.98 Å². The number of ether oxygens (including phenoxy) is 1. The van der Waals surface area contributed by atoms with Gasteiger partial charge in [-0.3, -0.25) is 4.90 Å². The van der Waals surface area contributed by atoms with E-state index >= 15 is 0 Å². The largest absolute Gasteiger partial charge is 0.488 e. The molecule has 0 radical (unpaired) electrons. The summed E-state index contributed by atoms with van der Waals surface area (Å²) in [4.78, 5) is 7.99. The van der Waals surface area contributed by atoms with Gasteiger partial charge in [0.1, 0.15) is 17.6 Å². The van der Waals surface area contributed by atoms with Crippen LogP contribution >= 0.6 is 11.3 Å². The van der Waals surface area contributed by atoms with Gasteiger partial charge in [0.05, 0.1) is 10.6 Å². The van der Waals surface area contributed by atoms with Gasteiger partial charge in [0.15, 0.2) is 0 Å². The first-order valence-corrected chi connectivity index (χ1v) is 9.00. The van der Waals surface area contributed by atoms with Crippen LogP contribution in [0.25, 0.3) is 10.8 Å². The molecule has 0 saturated heterocycles. The number of hydrogen-bond donors (Lipinski definition) is 0. The van der Waals surface area contributed by atoms with Crippen molar-refractivity contribution in [2.24, 2.45) is 0 Å². The maximum atomic E-state index is 6.03. The molecule has 2 aromatic heterocycles. The third kappa shape index (κ3) is 3.09. The lowest BCUT2D eigenvalue weighted by molar-refractivity contribution is 0.164. The molecule has 4 nitrogen and oxygen atoms in total. The van der Waals surface area contributed by atoms with Gasteiger partial charge in [0.25, 0.3) is 0 Å². The van der Waals surface area contributed by atoms with Crippen molar-refractivity contribution in [3.8, 4) is 16.5 Å². The van der Waals surface area contributed by atoms with E-state index in [0.717, 1.165) is 47.5 Å². The Morgan fingerprint density at radius 1 is 1.25 bits per heavy atom. The van der Waals surface area contributed by atoms with E-state index in [1.807, 2.05) is 36.6 Å². The minimum atomic E-state index is 0.205. The first kappa shape index (κ1) is 15.4. The molecule has 24 heavy (non-hydrogen) atoms. The molecule has 5 heteroatoms. The summed E-state index contributed by atoms with van der Waals surface area (Å²) in [5.74, 6) is 2.63. The van der Waals surface area contributed by atoms with Crippen molar-refractivity contribution < 1.29 is 9.15 Å². The molecule has 3 aromatic rings. The summed E-state index contributed by atoms with van der Waals surface area (Å²) in [6.45, 7) is 3.61. The van der Waals surface area contributed by atoms with Crippen LogP contribution in [0.1, 0.15) is 17.0 Å². The van der Waals surface area contributed by atoms with Crippen molar-refractivity contribution in [1.29, 1.82) is 0 Å². The molecule has 0 aliphatic carbocycles. The molecule has 1 unspecified atom stereocenters. The second-order valence-electron chi connectivity index (χ2n) is 6.25. The number of thiophene rings is 1. The Morgan fingerprint density at radius 2 is 2.12 bits per heavy atom. The Hall–Kier alpha value is -2.11. The quantitative estimate of drug-likeness (QED) is 0.699. The maximum Gasteiger partial charge on any atom is 0.236 e. The molecular formula is C19H20N2O2S. The smallest absolute Gasteiger partial charge is 0.236 e. The molecule has 124 valence electrons. The van der Waals surface area contributed by atoms with Gasteiger partial charge >= 0.3 is 0 Å². The van der Waals surface area contributed by atoms with Crippen LogP contribution in [0, 0.1) is 6.92 Å². The highest BCUT2D eigenvalue weighted by molar-refractivity contribution is 7.13. The Balaban J connectivity index is 1.39. The topological polar surface area (TPSA) is 38.5 Å². The fourth-order valence-corrected chi connectivity index (χ4v) is 3.75. The lowest BCUT2D eigenvalue weighted by Crippen LogP contribution is -2.31. The highest BCUT2D eigenvalue weighted by atomic mass is 32.1. The molecule has 0 spiro atoms. The Labute approximate surface area is 145 Å². The highest BCUT2D eigenvalue weighted by Gasteiger charge is 2.24. The molecular weight excluding hydrogens is 320 g/mol. The van der Waals surface area contributed by atoms with Crippen LogP contribution in [0.2, 0.25) is 0 Å². The van der Waals surface area contributed by atoms with Gasteiger partial charge in [-0.1, -0.05) is 24.3 Å². The van der Waals surface area contributed by atoms with Crippen molar-refractivity contribution >= 4 is 11.3 Å². The van der Waals surface area contributed by atoms with Gasteiger partial charge in [0.2, 0.25) is 5.89 Å². The zero-order valence-corrected chi connectivity index (χ0v) is 14.7. The van der Waals surface area contributed by atoms with Gasteiger partial charge < -0.3 is 9.15 Å². The van der Waals surface area contributed by atoms with Gasteiger partial charge in [0, 0.05) is 19.5 Å². The predicted octanol–water partition coefficient (Wildman–Crippen LogP) is 4.15. The van der Waals surface area contributed by atoms with E-state index in [1.54, 1.807) is 11.3 Å². The molecule has 1 aromatic carbocycles. The van der Waals surface area contributed by atoms with Gasteiger partial charge in [-0.2, -0.15) is 0 Å². The van der Waals surface area contributed by atoms with Gasteiger partial charge in [-0.15, -0.1) is 11.3 Å². The number of rotatable bonds is 5. The lowest BCUT2D eigenvalue weighted by atomic mass is 10.1. The second kappa shape index (κ2) is 6.42. The molecule has 0 fully saturated rings. The standard InChI is InChI=1S/C19H20N2O2S/c1-13-16(20-19(22-13)18-8-5-9-24-18)12-21(2)11-15-10-14-6-3-4-7-17(14)23-15/h3-9,15H,10-12H2,1-2H3. The number of nitrogens with zero attached hydrogens (tertiary/aromatic N) is 2. The van der Waals surface area contributed by atoms with E-state index < -0.39 is 0 Å². The number of hydrogen-bond acceptors (Lipinski definition) is 5. The number of aryl methyl sites for hydroxylation is 1. The van der Waals surface area contributed by atoms with E-state index in [4.69, 9.17) is 9.15 Å². The van der Waals surface area contributed by atoms with E-state index in [0.29, 0.717) is 0 Å². The Bertz CT molecular complexity index is 801. The number of oxazole rings is 1. The minimum absolute atomic E-state index is 0.205. The predicted molar refractivity (Wildman–Crippen MR) is 95.4 cm³/mol. The maximum absolute atomic E-state index is 6.03. The number of benzene rings is 1. The number of fused-ring (bicyclic) bond motifs is 1. The monoisotopic (exact) mass is 340 g/mol. The SMILES string of the molecule is Cc1oc(-c2cccs2)nc1CN(C)CC1Cc2ccccc2O1. The summed E-state index contributed by atoms with van der Waals surface area (Å²) in [6, 6.07) is 12.3. The minimum Gasteiger partial charge on any atom is -0.488 e. The van der Waals surface area contributed by atoms with E-state index in [2.05, 4.69) is 29.1 Å². The third-order valence-electron chi connectivity index (χ3n) is 4.27. The fourth-order valence-electron chi connectivity index (χ4n) is 3.10. The van der Waals surface area contributed by atoms with Crippen LogP contribution in [0.15, 0.2) is 46.2 Å². The summed E-state index contributed by atoms with van der Waals surface area (Å²) >= 11 is 1.65. The number of para-hydroxylation sites is 1. The molecule has 4 rings (SSSR count). The molecule has 1 aliphatic rings. The summed E-state index contributed by atoms with van der Waals surface area (Å²) < 4.78 is 11.8. The average molecular weight is 340 g/mol. The van der Waals surface area contributed by atoms with Crippen LogP contribution in [0.3, 0.4) is 0 Å². The van der Waals surface area contributed by atoms with Crippen molar-refractivity contribution in [2.45, 2.75) is 26.0 Å². The van der Waals surface area contributed by atoms with Crippen LogP contribution < -0.4 is 4.74 Å². The number of likely N-dealkylation sites (N-methyl/N-ethyl adjacent to an activating group) is 1. The molecule has 1 atom stereocenters. The second-order valence-corrected chi connectivity index (χ2v) is 7.20. The molecule has 0 saturated carbocycles. The first-order valence-electron chi connectivity index (χ1n) is 8.12. The lowest BCUT2D eigenvalue weighted by Gasteiger charge is -2.19. The molecule has 1 aliphatic heterocycles. The number of aromatic nitrogens is 1. The summed E-state index contributed by atoms with van der Waals surface area (Å²) in [6.07, 6.45) is 1.18. The van der Waals surface area contributed by atoms with Crippen molar-refractivity contribution in [1.82, 2.24) is 9.88 Å². The van der Waals surface area contributed by atoms with Crippen LogP contribution in [0.5, 0.6) is 5.75 Å². The third-order valence-corrected chi connectivity index (χ3v) is 5.13. The van der Waals surface area contributed by atoms with Crippen molar-refractivity contribution in [2.75, 3.05) is 13.6 Å². The summed E-state index contributed by atoms with van der Waals surface area (Å²) in [5.41, 5.74) is 2.30.